The molecule has 0 aliphatic rings. The molecule has 0 bridgehead atoms. The zero-order valence-corrected chi connectivity index (χ0v) is 7.93. The molecule has 0 unspecified atom stereocenters. The molecule has 0 aliphatic carbocycles. The highest BCUT2D eigenvalue weighted by molar-refractivity contribution is 6.41. The third kappa shape index (κ3) is 6.01. The molecular weight excluding hydrogens is 199 g/mol. The van der Waals surface area contributed by atoms with E-state index in [1.54, 1.807) is 12.1 Å². The molecule has 0 spiro atoms. The van der Waals surface area contributed by atoms with Crippen LogP contribution in [0.15, 0.2) is 24.3 Å². The zero-order valence-electron chi connectivity index (χ0n) is 6.42. The first-order chi connectivity index (χ1) is 5.54. The van der Waals surface area contributed by atoms with Gasteiger partial charge in [-0.2, -0.15) is 0 Å². The van der Waals surface area contributed by atoms with Gasteiger partial charge in [-0.25, -0.2) is 0 Å². The first-order valence-electron chi connectivity index (χ1n) is 3.13. The first kappa shape index (κ1) is 11.3. The molecule has 0 amide bonds. The third-order valence-corrected chi connectivity index (χ3v) is 1.58. The van der Waals surface area contributed by atoms with Gasteiger partial charge in [0.05, 0.1) is 10.0 Å². The fourth-order valence-corrected chi connectivity index (χ4v) is 0.711. The summed E-state index contributed by atoms with van der Waals surface area (Å²) in [4.78, 5) is 9.00. The van der Waals surface area contributed by atoms with Gasteiger partial charge in [0.1, 0.15) is 0 Å². The number of benzene rings is 1. The minimum Gasteiger partial charge on any atom is -0.481 e. The average molecular weight is 207 g/mol. The molecule has 4 heteroatoms. The van der Waals surface area contributed by atoms with Crippen LogP contribution in [0.1, 0.15) is 6.92 Å². The number of hydrogen-bond acceptors (Lipinski definition) is 1. The van der Waals surface area contributed by atoms with Gasteiger partial charge in [0.25, 0.3) is 5.97 Å². The predicted octanol–water partition coefficient (Wildman–Crippen LogP) is 3.08. The van der Waals surface area contributed by atoms with Crippen molar-refractivity contribution in [2.75, 3.05) is 0 Å². The van der Waals surface area contributed by atoms with Crippen molar-refractivity contribution in [3.05, 3.63) is 34.3 Å². The van der Waals surface area contributed by atoms with E-state index >= 15 is 0 Å². The van der Waals surface area contributed by atoms with Gasteiger partial charge in [0.2, 0.25) is 0 Å². The molecule has 0 fully saturated rings. The number of hydrogen-bond donors (Lipinski definition) is 1. The summed E-state index contributed by atoms with van der Waals surface area (Å²) < 4.78 is 0. The Morgan fingerprint density at radius 3 is 1.67 bits per heavy atom. The third-order valence-electron chi connectivity index (χ3n) is 0.824. The number of carbonyl (C=O) groups is 1. The molecule has 0 radical (unpaired) electrons. The standard InChI is InChI=1S/C6H4Cl2.C2H4O2/c7-5-3-1-2-4-6(5)8;1-2(3)4/h1-4H;1H3,(H,3,4). The summed E-state index contributed by atoms with van der Waals surface area (Å²) >= 11 is 11.2. The van der Waals surface area contributed by atoms with Crippen molar-refractivity contribution in [2.24, 2.45) is 0 Å². The molecule has 12 heavy (non-hydrogen) atoms. The number of rotatable bonds is 0. The summed E-state index contributed by atoms with van der Waals surface area (Å²) in [6.07, 6.45) is 0. The van der Waals surface area contributed by atoms with Crippen molar-refractivity contribution in [2.45, 2.75) is 6.92 Å². The maximum Gasteiger partial charge on any atom is 0.300 e. The van der Waals surface area contributed by atoms with Crippen molar-refractivity contribution in [3.8, 4) is 0 Å². The quantitative estimate of drug-likeness (QED) is 0.709. The van der Waals surface area contributed by atoms with Crippen LogP contribution in [0.4, 0.5) is 0 Å². The van der Waals surface area contributed by atoms with E-state index in [4.69, 9.17) is 33.1 Å². The van der Waals surface area contributed by atoms with Gasteiger partial charge >= 0.3 is 0 Å². The second kappa shape index (κ2) is 5.86. The molecule has 1 aromatic carbocycles. The van der Waals surface area contributed by atoms with Gasteiger partial charge in [-0.05, 0) is 12.1 Å². The summed E-state index contributed by atoms with van der Waals surface area (Å²) in [5.41, 5.74) is 0. The first-order valence-corrected chi connectivity index (χ1v) is 3.89. The number of carboxylic acid groups (broad SMARTS) is 1. The van der Waals surface area contributed by atoms with E-state index in [1.165, 1.54) is 0 Å². The molecule has 66 valence electrons. The molecule has 2 nitrogen and oxygen atoms in total. The topological polar surface area (TPSA) is 37.3 Å². The molecule has 0 atom stereocenters. The summed E-state index contributed by atoms with van der Waals surface area (Å²) in [5, 5.41) is 8.63. The Balaban J connectivity index is 0.000000261. The Hall–Kier alpha value is -0.730. The van der Waals surface area contributed by atoms with Gasteiger partial charge < -0.3 is 5.11 Å². The zero-order chi connectivity index (χ0) is 9.56. The Bertz CT molecular complexity index is 236. The maximum atomic E-state index is 9.00. The molecule has 1 aromatic rings. The van der Waals surface area contributed by atoms with Gasteiger partial charge in [-0.15, -0.1) is 0 Å². The molecular formula is C8H8Cl2O2. The number of halogens is 2. The Morgan fingerprint density at radius 2 is 1.50 bits per heavy atom. The fourth-order valence-electron chi connectivity index (χ4n) is 0.439. The van der Waals surface area contributed by atoms with Crippen LogP contribution < -0.4 is 0 Å². The van der Waals surface area contributed by atoms with E-state index in [2.05, 4.69) is 0 Å². The minimum atomic E-state index is -0.833. The molecule has 1 N–H and O–H groups in total. The maximum absolute atomic E-state index is 9.00. The van der Waals surface area contributed by atoms with Gasteiger partial charge in [0, 0.05) is 6.92 Å². The molecule has 0 aliphatic heterocycles. The van der Waals surface area contributed by atoms with Crippen LogP contribution in [0.25, 0.3) is 0 Å². The summed E-state index contributed by atoms with van der Waals surface area (Å²) in [6, 6.07) is 7.19. The lowest BCUT2D eigenvalue weighted by molar-refractivity contribution is -0.134. The van der Waals surface area contributed by atoms with Crippen LogP contribution in [0.2, 0.25) is 10.0 Å². The second-order valence-corrected chi connectivity index (χ2v) is 2.75. The van der Waals surface area contributed by atoms with Gasteiger partial charge in [-0.1, -0.05) is 35.3 Å². The number of aliphatic carboxylic acids is 1. The van der Waals surface area contributed by atoms with Crippen LogP contribution in [0.3, 0.4) is 0 Å². The van der Waals surface area contributed by atoms with Crippen molar-refractivity contribution in [3.63, 3.8) is 0 Å². The van der Waals surface area contributed by atoms with E-state index in [0.717, 1.165) is 6.92 Å². The summed E-state index contributed by atoms with van der Waals surface area (Å²) in [5.74, 6) is -0.833. The van der Waals surface area contributed by atoms with E-state index in [-0.39, 0.29) is 0 Å². The van der Waals surface area contributed by atoms with Gasteiger partial charge in [-0.3, -0.25) is 4.79 Å². The second-order valence-electron chi connectivity index (χ2n) is 1.93. The lowest BCUT2D eigenvalue weighted by Gasteiger charge is -1.88. The molecule has 0 saturated heterocycles. The average Bonchev–Trinajstić information content (AvgIpc) is 1.94. The van der Waals surface area contributed by atoms with Crippen LogP contribution in [-0.2, 0) is 4.79 Å². The highest BCUT2D eigenvalue weighted by Crippen LogP contribution is 2.19. The van der Waals surface area contributed by atoms with Crippen LogP contribution in [0, 0.1) is 0 Å². The van der Waals surface area contributed by atoms with Crippen molar-refractivity contribution in [1.29, 1.82) is 0 Å². The smallest absolute Gasteiger partial charge is 0.300 e. The minimum absolute atomic E-state index is 0.606. The summed E-state index contributed by atoms with van der Waals surface area (Å²) in [7, 11) is 0. The van der Waals surface area contributed by atoms with Gasteiger partial charge in [0.15, 0.2) is 0 Å². The highest BCUT2D eigenvalue weighted by Gasteiger charge is 1.89. The molecule has 0 aromatic heterocycles. The SMILES string of the molecule is CC(=O)O.Clc1ccccc1Cl. The fraction of sp³-hybridized carbons (Fsp3) is 0.125. The Labute approximate surface area is 80.7 Å². The van der Waals surface area contributed by atoms with E-state index in [9.17, 15) is 0 Å². The lowest BCUT2D eigenvalue weighted by atomic mass is 10.4. The Kier molecular flexibility index (Phi) is 5.51. The highest BCUT2D eigenvalue weighted by atomic mass is 35.5. The van der Waals surface area contributed by atoms with Crippen LogP contribution in [-0.4, -0.2) is 11.1 Å². The predicted molar refractivity (Wildman–Crippen MR) is 49.8 cm³/mol. The van der Waals surface area contributed by atoms with Crippen molar-refractivity contribution in [1.82, 2.24) is 0 Å². The van der Waals surface area contributed by atoms with E-state index in [0.29, 0.717) is 10.0 Å². The largest absolute Gasteiger partial charge is 0.481 e. The lowest BCUT2D eigenvalue weighted by Crippen LogP contribution is -1.78. The number of carboxylic acids is 1. The van der Waals surface area contributed by atoms with Crippen molar-refractivity contribution >= 4 is 29.2 Å². The van der Waals surface area contributed by atoms with E-state index in [1.807, 2.05) is 12.1 Å². The Morgan fingerprint density at radius 1 is 1.25 bits per heavy atom. The van der Waals surface area contributed by atoms with Crippen LogP contribution in [0.5, 0.6) is 0 Å². The van der Waals surface area contributed by atoms with Crippen LogP contribution >= 0.6 is 23.2 Å². The molecule has 0 saturated carbocycles. The molecule has 0 heterocycles. The summed E-state index contributed by atoms with van der Waals surface area (Å²) in [6.45, 7) is 1.08. The van der Waals surface area contributed by atoms with Crippen molar-refractivity contribution < 1.29 is 9.90 Å². The van der Waals surface area contributed by atoms with E-state index < -0.39 is 5.97 Å². The monoisotopic (exact) mass is 206 g/mol. The normalized spacial score (nSPS) is 8.25. The molecule has 1 rings (SSSR count).